The molecule has 2 saturated heterocycles. The number of piperidine rings is 1. The quantitative estimate of drug-likeness (QED) is 0.857. The average molecular weight is 365 g/mol. The number of nitrogens with zero attached hydrogens (tertiary/aromatic N) is 2. The van der Waals surface area contributed by atoms with Crippen LogP contribution in [0.3, 0.4) is 0 Å². The summed E-state index contributed by atoms with van der Waals surface area (Å²) >= 11 is 0. The first-order valence-electron chi connectivity index (χ1n) is 8.61. The lowest BCUT2D eigenvalue weighted by molar-refractivity contribution is 0.0677. The number of amides is 2. The predicted octanol–water partition coefficient (Wildman–Crippen LogP) is 0.871. The Labute approximate surface area is 147 Å². The van der Waals surface area contributed by atoms with Crippen LogP contribution in [0, 0.1) is 5.92 Å². The van der Waals surface area contributed by atoms with E-state index < -0.39 is 9.84 Å². The number of rotatable bonds is 3. The van der Waals surface area contributed by atoms with Crippen molar-refractivity contribution >= 4 is 21.7 Å². The Bertz CT molecular complexity index is 778. The van der Waals surface area contributed by atoms with Gasteiger partial charge in [-0.2, -0.15) is 0 Å². The zero-order valence-corrected chi connectivity index (χ0v) is 15.1. The van der Waals surface area contributed by atoms with Crippen LogP contribution in [0.25, 0.3) is 0 Å². The average Bonchev–Trinajstić information content (AvgIpc) is 2.93. The van der Waals surface area contributed by atoms with Crippen LogP contribution in [0.15, 0.2) is 18.3 Å². The molecule has 1 N–H and O–H groups in total. The highest BCUT2D eigenvalue weighted by Gasteiger charge is 2.29. The molecule has 0 spiro atoms. The van der Waals surface area contributed by atoms with Gasteiger partial charge in [0.2, 0.25) is 0 Å². The minimum Gasteiger partial charge on any atom is -0.348 e. The lowest BCUT2D eigenvalue weighted by atomic mass is 10.00. The van der Waals surface area contributed by atoms with E-state index in [1.54, 1.807) is 4.90 Å². The van der Waals surface area contributed by atoms with E-state index in [-0.39, 0.29) is 35.1 Å². The molecule has 8 heteroatoms. The van der Waals surface area contributed by atoms with Gasteiger partial charge in [0.15, 0.2) is 9.84 Å². The van der Waals surface area contributed by atoms with E-state index in [2.05, 4.69) is 17.2 Å². The second-order valence-corrected chi connectivity index (χ2v) is 9.23. The SMILES string of the molecule is CC1CCCN(C(=O)c2cc(C(=O)NC3CCS(=O)(=O)C3)ccn2)C1. The fourth-order valence-electron chi connectivity index (χ4n) is 3.40. The Hall–Kier alpha value is -1.96. The summed E-state index contributed by atoms with van der Waals surface area (Å²) in [6.45, 7) is 3.53. The van der Waals surface area contributed by atoms with E-state index in [4.69, 9.17) is 0 Å². The first kappa shape index (κ1) is 17.8. The predicted molar refractivity (Wildman–Crippen MR) is 93.1 cm³/mol. The van der Waals surface area contributed by atoms with Crippen LogP contribution < -0.4 is 5.32 Å². The van der Waals surface area contributed by atoms with Crippen molar-refractivity contribution in [2.75, 3.05) is 24.6 Å². The van der Waals surface area contributed by atoms with Crippen LogP contribution in [0.2, 0.25) is 0 Å². The Morgan fingerprint density at radius 1 is 1.32 bits per heavy atom. The van der Waals surface area contributed by atoms with E-state index in [1.807, 2.05) is 0 Å². The third-order valence-electron chi connectivity index (χ3n) is 4.75. The molecule has 1 aromatic rings. The van der Waals surface area contributed by atoms with Crippen molar-refractivity contribution in [2.45, 2.75) is 32.2 Å². The molecule has 2 aliphatic rings. The number of hydrogen-bond acceptors (Lipinski definition) is 5. The molecule has 2 aliphatic heterocycles. The molecule has 1 aromatic heterocycles. The number of hydrogen-bond donors (Lipinski definition) is 1. The van der Waals surface area contributed by atoms with Crippen molar-refractivity contribution in [3.05, 3.63) is 29.6 Å². The number of carbonyl (C=O) groups is 2. The summed E-state index contributed by atoms with van der Waals surface area (Å²) in [6.07, 6.45) is 3.96. The fourth-order valence-corrected chi connectivity index (χ4v) is 5.08. The summed E-state index contributed by atoms with van der Waals surface area (Å²) in [5.41, 5.74) is 0.577. The number of nitrogens with one attached hydrogen (secondary N) is 1. The second kappa shape index (κ2) is 7.11. The van der Waals surface area contributed by atoms with Gasteiger partial charge in [-0.15, -0.1) is 0 Å². The van der Waals surface area contributed by atoms with Gasteiger partial charge in [0, 0.05) is 30.9 Å². The summed E-state index contributed by atoms with van der Waals surface area (Å²) in [6, 6.07) is 2.65. The summed E-state index contributed by atoms with van der Waals surface area (Å²) in [7, 11) is -3.05. The molecule has 25 heavy (non-hydrogen) atoms. The Balaban J connectivity index is 1.68. The highest BCUT2D eigenvalue weighted by molar-refractivity contribution is 7.91. The van der Waals surface area contributed by atoms with E-state index in [0.717, 1.165) is 12.8 Å². The summed E-state index contributed by atoms with van der Waals surface area (Å²) in [4.78, 5) is 30.8. The molecule has 2 amide bonds. The smallest absolute Gasteiger partial charge is 0.272 e. The van der Waals surface area contributed by atoms with E-state index >= 15 is 0 Å². The van der Waals surface area contributed by atoms with Crippen molar-refractivity contribution in [2.24, 2.45) is 5.92 Å². The summed E-state index contributed by atoms with van der Waals surface area (Å²) < 4.78 is 23.0. The molecule has 0 bridgehead atoms. The highest BCUT2D eigenvalue weighted by atomic mass is 32.2. The lowest BCUT2D eigenvalue weighted by Gasteiger charge is -2.30. The van der Waals surface area contributed by atoms with Gasteiger partial charge in [0.1, 0.15) is 5.69 Å². The number of pyridine rings is 1. The first-order valence-corrected chi connectivity index (χ1v) is 10.4. The van der Waals surface area contributed by atoms with Gasteiger partial charge in [0.25, 0.3) is 11.8 Å². The number of carbonyl (C=O) groups excluding carboxylic acids is 2. The van der Waals surface area contributed by atoms with Crippen LogP contribution in [0.5, 0.6) is 0 Å². The zero-order valence-electron chi connectivity index (χ0n) is 14.3. The number of sulfone groups is 1. The molecule has 0 radical (unpaired) electrons. The van der Waals surface area contributed by atoms with Gasteiger partial charge < -0.3 is 10.2 Å². The van der Waals surface area contributed by atoms with E-state index in [0.29, 0.717) is 31.0 Å². The Kier molecular flexibility index (Phi) is 5.08. The molecule has 0 saturated carbocycles. The molecule has 2 atom stereocenters. The van der Waals surface area contributed by atoms with Gasteiger partial charge in [0.05, 0.1) is 11.5 Å². The molecule has 2 unspecified atom stereocenters. The topological polar surface area (TPSA) is 96.4 Å². The van der Waals surface area contributed by atoms with Crippen molar-refractivity contribution in [1.82, 2.24) is 15.2 Å². The van der Waals surface area contributed by atoms with Gasteiger partial charge in [-0.05, 0) is 37.3 Å². The van der Waals surface area contributed by atoms with Crippen molar-refractivity contribution in [3.63, 3.8) is 0 Å². The molecule has 7 nitrogen and oxygen atoms in total. The maximum Gasteiger partial charge on any atom is 0.272 e. The first-order chi connectivity index (χ1) is 11.8. The fraction of sp³-hybridized carbons (Fsp3) is 0.588. The summed E-state index contributed by atoms with van der Waals surface area (Å²) in [5.74, 6) is 0.00983. The highest BCUT2D eigenvalue weighted by Crippen LogP contribution is 2.18. The number of likely N-dealkylation sites (tertiary alicyclic amines) is 1. The molecule has 3 rings (SSSR count). The van der Waals surface area contributed by atoms with E-state index in [9.17, 15) is 18.0 Å². The molecule has 136 valence electrons. The molecule has 0 aliphatic carbocycles. The third-order valence-corrected chi connectivity index (χ3v) is 6.52. The molecular weight excluding hydrogens is 342 g/mol. The van der Waals surface area contributed by atoms with Crippen molar-refractivity contribution in [1.29, 1.82) is 0 Å². The minimum absolute atomic E-state index is 0.0265. The Morgan fingerprint density at radius 3 is 2.80 bits per heavy atom. The minimum atomic E-state index is -3.05. The normalized spacial score (nSPS) is 25.6. The molecular formula is C17H23N3O4S. The van der Waals surface area contributed by atoms with Crippen molar-refractivity contribution < 1.29 is 18.0 Å². The molecule has 3 heterocycles. The zero-order chi connectivity index (χ0) is 18.0. The van der Waals surface area contributed by atoms with Crippen LogP contribution in [0.1, 0.15) is 47.0 Å². The third kappa shape index (κ3) is 4.36. The molecule has 2 fully saturated rings. The van der Waals surface area contributed by atoms with Gasteiger partial charge in [-0.3, -0.25) is 14.6 Å². The number of aromatic nitrogens is 1. The van der Waals surface area contributed by atoms with Gasteiger partial charge >= 0.3 is 0 Å². The van der Waals surface area contributed by atoms with E-state index in [1.165, 1.54) is 18.3 Å². The van der Waals surface area contributed by atoms with Crippen LogP contribution in [0.4, 0.5) is 0 Å². The maximum atomic E-state index is 12.6. The van der Waals surface area contributed by atoms with Crippen LogP contribution in [-0.4, -0.2) is 60.8 Å². The standard InChI is InChI=1S/C17H23N3O4S/c1-12-3-2-7-20(10-12)17(22)15-9-13(4-6-18-15)16(21)19-14-5-8-25(23,24)11-14/h4,6,9,12,14H,2-3,5,7-8,10-11H2,1H3,(H,19,21). The van der Waals surface area contributed by atoms with Gasteiger partial charge in [-0.1, -0.05) is 6.92 Å². The van der Waals surface area contributed by atoms with Crippen molar-refractivity contribution in [3.8, 4) is 0 Å². The van der Waals surface area contributed by atoms with Crippen LogP contribution >= 0.6 is 0 Å². The Morgan fingerprint density at radius 2 is 2.12 bits per heavy atom. The second-order valence-electron chi connectivity index (χ2n) is 7.00. The maximum absolute atomic E-state index is 12.6. The monoisotopic (exact) mass is 365 g/mol. The van der Waals surface area contributed by atoms with Gasteiger partial charge in [-0.25, -0.2) is 8.42 Å². The largest absolute Gasteiger partial charge is 0.348 e. The molecule has 0 aromatic carbocycles. The van der Waals surface area contributed by atoms with Crippen LogP contribution in [-0.2, 0) is 9.84 Å². The lowest BCUT2D eigenvalue weighted by Crippen LogP contribution is -2.39. The summed E-state index contributed by atoms with van der Waals surface area (Å²) in [5, 5.41) is 2.73.